The van der Waals surface area contributed by atoms with Gasteiger partial charge in [-0.3, -0.25) is 14.5 Å². The van der Waals surface area contributed by atoms with Gasteiger partial charge in [0.2, 0.25) is 0 Å². The molecule has 1 heterocycles. The van der Waals surface area contributed by atoms with E-state index in [-0.39, 0.29) is 28.4 Å². The number of carboxylic acid groups (broad SMARTS) is 1. The lowest BCUT2D eigenvalue weighted by Crippen LogP contribution is -2.44. The van der Waals surface area contributed by atoms with E-state index in [0.717, 1.165) is 25.7 Å². The minimum absolute atomic E-state index is 0.0330. The van der Waals surface area contributed by atoms with E-state index in [1.165, 1.54) is 23.1 Å². The monoisotopic (exact) mass is 287 g/mol. The maximum Gasteiger partial charge on any atom is 0.335 e. The number of imide groups is 1. The van der Waals surface area contributed by atoms with Crippen LogP contribution in [-0.4, -0.2) is 34.3 Å². The van der Waals surface area contributed by atoms with Gasteiger partial charge < -0.3 is 5.11 Å². The lowest BCUT2D eigenvalue weighted by Gasteiger charge is -2.43. The highest BCUT2D eigenvalue weighted by Crippen LogP contribution is 2.45. The lowest BCUT2D eigenvalue weighted by molar-refractivity contribution is 0.0409. The van der Waals surface area contributed by atoms with Crippen molar-refractivity contribution < 1.29 is 19.5 Å². The maximum absolute atomic E-state index is 12.4. The summed E-state index contributed by atoms with van der Waals surface area (Å²) in [5, 5.41) is 9.00. The summed E-state index contributed by atoms with van der Waals surface area (Å²) in [5.74, 6) is -1.76. The lowest BCUT2D eigenvalue weighted by atomic mass is 9.67. The zero-order chi connectivity index (χ0) is 15.2. The van der Waals surface area contributed by atoms with E-state index in [1.807, 2.05) is 0 Å². The van der Waals surface area contributed by atoms with Crippen molar-refractivity contribution in [2.24, 2.45) is 5.41 Å². The summed E-state index contributed by atoms with van der Waals surface area (Å²) in [7, 11) is 0. The smallest absolute Gasteiger partial charge is 0.335 e. The number of rotatable bonds is 4. The van der Waals surface area contributed by atoms with Crippen molar-refractivity contribution in [1.29, 1.82) is 0 Å². The average Bonchev–Trinajstić information content (AvgIpc) is 2.66. The summed E-state index contributed by atoms with van der Waals surface area (Å²) in [5.41, 5.74) is 0.620. The third kappa shape index (κ3) is 2.04. The number of aromatic carboxylic acids is 1. The van der Waals surface area contributed by atoms with Crippen LogP contribution in [0, 0.1) is 5.41 Å². The highest BCUT2D eigenvalue weighted by Gasteiger charge is 2.43. The Labute approximate surface area is 122 Å². The second kappa shape index (κ2) is 4.69. The molecule has 1 aliphatic heterocycles. The zero-order valence-electron chi connectivity index (χ0n) is 11.9. The quantitative estimate of drug-likeness (QED) is 0.864. The molecule has 3 rings (SSSR count). The third-order valence-corrected chi connectivity index (χ3v) is 4.88. The number of fused-ring (bicyclic) bond motifs is 1. The summed E-state index contributed by atoms with van der Waals surface area (Å²) >= 11 is 0. The summed E-state index contributed by atoms with van der Waals surface area (Å²) in [4.78, 5) is 37.1. The van der Waals surface area contributed by atoms with Crippen LogP contribution < -0.4 is 0 Å². The fraction of sp³-hybridized carbons (Fsp3) is 0.438. The van der Waals surface area contributed by atoms with Crippen molar-refractivity contribution in [3.63, 3.8) is 0 Å². The molecule has 21 heavy (non-hydrogen) atoms. The normalized spacial score (nSPS) is 19.4. The van der Waals surface area contributed by atoms with E-state index < -0.39 is 5.97 Å². The first-order valence-corrected chi connectivity index (χ1v) is 7.21. The van der Waals surface area contributed by atoms with E-state index in [0.29, 0.717) is 12.1 Å². The van der Waals surface area contributed by atoms with Crippen molar-refractivity contribution in [3.8, 4) is 0 Å². The number of carbonyl (C=O) groups is 3. The molecule has 0 aromatic heterocycles. The van der Waals surface area contributed by atoms with E-state index in [4.69, 9.17) is 5.11 Å². The second-order valence-electron chi connectivity index (χ2n) is 5.97. The topological polar surface area (TPSA) is 74.7 Å². The van der Waals surface area contributed by atoms with Gasteiger partial charge in [0.25, 0.3) is 11.8 Å². The first kappa shape index (κ1) is 13.8. The van der Waals surface area contributed by atoms with E-state index in [9.17, 15) is 14.4 Å². The molecule has 0 spiro atoms. The predicted molar refractivity (Wildman–Crippen MR) is 75.3 cm³/mol. The number of carbonyl (C=O) groups excluding carboxylic acids is 2. The summed E-state index contributed by atoms with van der Waals surface area (Å²) in [6.07, 6.45) is 4.16. The number of hydrogen-bond acceptors (Lipinski definition) is 3. The highest BCUT2D eigenvalue weighted by molar-refractivity contribution is 6.21. The molecule has 2 aliphatic rings. The Hall–Kier alpha value is -2.17. The second-order valence-corrected chi connectivity index (χ2v) is 5.97. The molecule has 5 nitrogen and oxygen atoms in total. The molecule has 110 valence electrons. The highest BCUT2D eigenvalue weighted by atomic mass is 16.4. The van der Waals surface area contributed by atoms with Crippen LogP contribution in [0.5, 0.6) is 0 Å². The number of nitrogens with zero attached hydrogens (tertiary/aromatic N) is 1. The van der Waals surface area contributed by atoms with Crippen LogP contribution in [0.3, 0.4) is 0 Å². The van der Waals surface area contributed by atoms with Crippen LogP contribution in [-0.2, 0) is 0 Å². The molecule has 1 saturated carbocycles. The van der Waals surface area contributed by atoms with Crippen LogP contribution in [0.1, 0.15) is 63.7 Å². The fourth-order valence-corrected chi connectivity index (χ4v) is 3.20. The Bertz CT molecular complexity index is 640. The van der Waals surface area contributed by atoms with E-state index in [1.54, 1.807) is 0 Å². The predicted octanol–water partition coefficient (Wildman–Crippen LogP) is 2.56. The number of hydrogen-bond donors (Lipinski definition) is 1. The Morgan fingerprint density at radius 1 is 1.24 bits per heavy atom. The van der Waals surface area contributed by atoms with Gasteiger partial charge in [-0.1, -0.05) is 13.3 Å². The first-order valence-electron chi connectivity index (χ1n) is 7.21. The van der Waals surface area contributed by atoms with Crippen molar-refractivity contribution in [3.05, 3.63) is 34.9 Å². The number of carboxylic acids is 1. The third-order valence-electron chi connectivity index (χ3n) is 4.88. The van der Waals surface area contributed by atoms with Crippen molar-refractivity contribution in [2.75, 3.05) is 6.54 Å². The summed E-state index contributed by atoms with van der Waals surface area (Å²) < 4.78 is 0. The SMILES string of the molecule is CCC1(CN2C(=O)c3ccc(C(=O)O)cc3C2=O)CCC1. The maximum atomic E-state index is 12.4. The molecular weight excluding hydrogens is 270 g/mol. The Balaban J connectivity index is 1.91. The Morgan fingerprint density at radius 2 is 1.90 bits per heavy atom. The Morgan fingerprint density at radius 3 is 2.43 bits per heavy atom. The molecule has 2 amide bonds. The molecule has 0 atom stereocenters. The molecule has 1 aromatic carbocycles. The summed E-state index contributed by atoms with van der Waals surface area (Å²) in [6, 6.07) is 4.12. The molecule has 1 aliphatic carbocycles. The van der Waals surface area contributed by atoms with Crippen LogP contribution in [0.2, 0.25) is 0 Å². The van der Waals surface area contributed by atoms with Gasteiger partial charge in [-0.05, 0) is 42.9 Å². The van der Waals surface area contributed by atoms with Gasteiger partial charge in [0.1, 0.15) is 0 Å². The largest absolute Gasteiger partial charge is 0.478 e. The molecule has 0 bridgehead atoms. The standard InChI is InChI=1S/C16H17NO4/c1-2-16(6-3-7-16)9-17-13(18)11-5-4-10(15(20)21)8-12(11)14(17)19/h4-5,8H,2-3,6-7,9H2,1H3,(H,20,21). The van der Waals surface area contributed by atoms with Crippen molar-refractivity contribution in [1.82, 2.24) is 4.90 Å². The van der Waals surface area contributed by atoms with Gasteiger partial charge in [-0.2, -0.15) is 0 Å². The van der Waals surface area contributed by atoms with Gasteiger partial charge in [0, 0.05) is 6.54 Å². The first-order chi connectivity index (χ1) is 9.97. The molecule has 0 radical (unpaired) electrons. The molecule has 1 aromatic rings. The fourth-order valence-electron chi connectivity index (χ4n) is 3.20. The van der Waals surface area contributed by atoms with Gasteiger partial charge in [-0.15, -0.1) is 0 Å². The Kier molecular flexibility index (Phi) is 3.08. The average molecular weight is 287 g/mol. The number of benzene rings is 1. The molecule has 0 saturated heterocycles. The number of amides is 2. The zero-order valence-corrected chi connectivity index (χ0v) is 11.9. The van der Waals surface area contributed by atoms with Gasteiger partial charge in [0.15, 0.2) is 0 Å². The van der Waals surface area contributed by atoms with Crippen LogP contribution >= 0.6 is 0 Å². The molecule has 0 unspecified atom stereocenters. The van der Waals surface area contributed by atoms with Crippen LogP contribution in [0.25, 0.3) is 0 Å². The van der Waals surface area contributed by atoms with E-state index >= 15 is 0 Å². The van der Waals surface area contributed by atoms with Gasteiger partial charge >= 0.3 is 5.97 Å². The van der Waals surface area contributed by atoms with Crippen LogP contribution in [0.15, 0.2) is 18.2 Å². The minimum Gasteiger partial charge on any atom is -0.478 e. The van der Waals surface area contributed by atoms with Gasteiger partial charge in [0.05, 0.1) is 16.7 Å². The van der Waals surface area contributed by atoms with Crippen molar-refractivity contribution >= 4 is 17.8 Å². The molecular formula is C16H17NO4. The molecule has 1 fully saturated rings. The van der Waals surface area contributed by atoms with Gasteiger partial charge in [-0.25, -0.2) is 4.79 Å². The van der Waals surface area contributed by atoms with E-state index in [2.05, 4.69) is 6.92 Å². The van der Waals surface area contributed by atoms with Crippen molar-refractivity contribution in [2.45, 2.75) is 32.6 Å². The van der Waals surface area contributed by atoms with Crippen LogP contribution in [0.4, 0.5) is 0 Å². The molecule has 1 N–H and O–H groups in total. The minimum atomic E-state index is -1.10. The molecule has 5 heteroatoms. The summed E-state index contributed by atoms with van der Waals surface area (Å²) in [6.45, 7) is 2.53.